The number of quaternary nitrogens is 1. The van der Waals surface area contributed by atoms with Crippen molar-refractivity contribution in [2.75, 3.05) is 84.0 Å². The van der Waals surface area contributed by atoms with Crippen LogP contribution < -0.4 is 34.2 Å². The van der Waals surface area contributed by atoms with Crippen LogP contribution in [0.25, 0.3) is 22.1 Å². The first-order chi connectivity index (χ1) is 36.6. The number of alkyl halides is 1. The number of carbonyl (C=O) groups is 1. The van der Waals surface area contributed by atoms with E-state index in [9.17, 15) is 18.4 Å². The van der Waals surface area contributed by atoms with Crippen molar-refractivity contribution in [2.45, 2.75) is 74.6 Å². The predicted molar refractivity (Wildman–Crippen MR) is 286 cm³/mol. The zero-order valence-corrected chi connectivity index (χ0v) is 44.1. The number of halogens is 2. The maximum atomic E-state index is 15.7. The third-order valence-corrected chi connectivity index (χ3v) is 16.4. The lowest BCUT2D eigenvalue weighted by molar-refractivity contribution is -0.750. The van der Waals surface area contributed by atoms with E-state index in [4.69, 9.17) is 18.9 Å². The summed E-state index contributed by atoms with van der Waals surface area (Å²) in [5.74, 6) is -0.564. The van der Waals surface area contributed by atoms with E-state index in [0.29, 0.717) is 24.7 Å². The van der Waals surface area contributed by atoms with Gasteiger partial charge in [0.2, 0.25) is 0 Å². The number of benzene rings is 4. The maximum Gasteiger partial charge on any atom is 0.268 e. The van der Waals surface area contributed by atoms with Crippen LogP contribution >= 0.6 is 0 Å². The summed E-state index contributed by atoms with van der Waals surface area (Å²) >= 11 is 0. The zero-order valence-electron chi connectivity index (χ0n) is 43.3. The summed E-state index contributed by atoms with van der Waals surface area (Å²) < 4.78 is 84.5. The number of aromatic amines is 2. The minimum absolute atomic E-state index is 0.0147. The Labute approximate surface area is 440 Å². The summed E-state index contributed by atoms with van der Waals surface area (Å²) in [4.78, 5) is 35.8. The number of piperidine rings is 1. The van der Waals surface area contributed by atoms with Gasteiger partial charge < -0.3 is 49.4 Å². The molecule has 3 aliphatic heterocycles. The van der Waals surface area contributed by atoms with Gasteiger partial charge in [-0.25, -0.2) is 26.9 Å². The van der Waals surface area contributed by atoms with Gasteiger partial charge in [0.25, 0.3) is 21.8 Å². The second-order valence-electron chi connectivity index (χ2n) is 20.2. The molecular weight excluding hydrogens is 999 g/mol. The number of fused-ring (bicyclic) bond motifs is 2. The number of carbonyl (C=O) groups excluding carboxylic acids is 1. The van der Waals surface area contributed by atoms with Gasteiger partial charge in [0.05, 0.1) is 44.1 Å². The standard InChI is InChI=1S/C55H64F2N10O8S/c1-34(2)39-8-6-7-9-40(39)45-31-65(30-35-10-13-38(72-4)14-11-35)22-23-67(45)36-16-20-66(21-17-36)37-12-15-41(46(26-37)75-47-27-42-43(56)29-58-52(42)62-54(47)73-5)53(68)63-76(70,71)48-28-44(64(3)69)49(51-50(48)60-33-61-51)59-32-55(57)18-24-74-25-19-55/h6-15,26-29,33-34,36,45,59,64H,16-25,30-32H2,1-5H3,(H,58,62)(H,60,61)(H,63,68)/t45-/m0/s1. The van der Waals surface area contributed by atoms with Crippen LogP contribution in [0.1, 0.15) is 78.5 Å². The van der Waals surface area contributed by atoms with E-state index >= 15 is 8.78 Å². The predicted octanol–water partition coefficient (Wildman–Crippen LogP) is 7.73. The molecule has 0 aliphatic carbocycles. The van der Waals surface area contributed by atoms with Gasteiger partial charge in [0, 0.05) is 114 Å². The third-order valence-electron chi connectivity index (χ3n) is 15.1. The molecule has 3 saturated heterocycles. The molecule has 3 fully saturated rings. The van der Waals surface area contributed by atoms with Crippen LogP contribution in [0, 0.1) is 11.0 Å². The number of nitrogens with one attached hydrogen (secondary N) is 5. The molecule has 3 aliphatic rings. The van der Waals surface area contributed by atoms with Crippen LogP contribution in [-0.4, -0.2) is 130 Å². The van der Waals surface area contributed by atoms with Crippen LogP contribution in [0.2, 0.25) is 0 Å². The molecular formula is C55H64F2N10O8S. The molecule has 7 aromatic rings. The highest BCUT2D eigenvalue weighted by Gasteiger charge is 2.38. The molecule has 0 bridgehead atoms. The first-order valence-corrected chi connectivity index (χ1v) is 27.2. The number of methoxy groups -OCH3 is 2. The van der Waals surface area contributed by atoms with Gasteiger partial charge in [-0.15, -0.1) is 0 Å². The molecule has 10 rings (SSSR count). The second-order valence-corrected chi connectivity index (χ2v) is 21.8. The van der Waals surface area contributed by atoms with E-state index in [-0.39, 0.29) is 101 Å². The SMILES string of the molecule is COc1ccc(CN2CCN(C3CCN(c4ccc(C(=O)NS(=O)(=O)c5cc([NH+](C)[O-])c(NCC6(F)CCOCC6)c6[nH]cnc56)c(Oc5cc6c(F)c[nH]c6nc5OC)c4)CC3)[C@H](c3ccccc3C(C)C)C2)cc1. The number of H-pyrrole nitrogens is 2. The van der Waals surface area contributed by atoms with Gasteiger partial charge in [0.1, 0.15) is 44.7 Å². The average molecular weight is 1060 g/mol. The number of imidazole rings is 1. The number of anilines is 2. The Hall–Kier alpha value is -6.88. The smallest absolute Gasteiger partial charge is 0.268 e. The lowest BCUT2D eigenvalue weighted by Crippen LogP contribution is -2.98. The highest BCUT2D eigenvalue weighted by molar-refractivity contribution is 7.90. The van der Waals surface area contributed by atoms with Crippen LogP contribution in [0.4, 0.5) is 25.8 Å². The van der Waals surface area contributed by atoms with E-state index in [1.54, 1.807) is 19.2 Å². The number of amides is 1. The minimum Gasteiger partial charge on any atom is -0.629 e. The highest BCUT2D eigenvalue weighted by atomic mass is 32.2. The molecule has 76 heavy (non-hydrogen) atoms. The van der Waals surface area contributed by atoms with E-state index in [1.807, 2.05) is 12.1 Å². The van der Waals surface area contributed by atoms with Crippen molar-refractivity contribution < 1.29 is 46.0 Å². The number of pyridine rings is 1. The summed E-state index contributed by atoms with van der Waals surface area (Å²) in [6.45, 7) is 9.66. The Morgan fingerprint density at radius 3 is 2.46 bits per heavy atom. The van der Waals surface area contributed by atoms with Gasteiger partial charge in [-0.3, -0.25) is 14.6 Å². The minimum atomic E-state index is -4.78. The van der Waals surface area contributed by atoms with Crippen molar-refractivity contribution in [3.8, 4) is 23.1 Å². The Balaban J connectivity index is 0.926. The van der Waals surface area contributed by atoms with Gasteiger partial charge in [0.15, 0.2) is 11.4 Å². The normalized spacial score (nSPS) is 18.3. The number of sulfonamides is 1. The van der Waals surface area contributed by atoms with Crippen molar-refractivity contribution >= 4 is 55.1 Å². The summed E-state index contributed by atoms with van der Waals surface area (Å²) in [6, 6.07) is 24.9. The number of piperazine rings is 1. The zero-order chi connectivity index (χ0) is 53.3. The number of ether oxygens (including phenoxy) is 4. The molecule has 4 aromatic carbocycles. The van der Waals surface area contributed by atoms with Crippen LogP contribution in [0.15, 0.2) is 96.3 Å². The molecule has 1 amide bonds. The number of nitrogens with zero attached hydrogens (tertiary/aromatic N) is 5. The van der Waals surface area contributed by atoms with Crippen molar-refractivity contribution in [3.05, 3.63) is 125 Å². The molecule has 0 saturated carbocycles. The molecule has 1 unspecified atom stereocenters. The van der Waals surface area contributed by atoms with Crippen molar-refractivity contribution in [2.24, 2.45) is 0 Å². The fourth-order valence-corrected chi connectivity index (χ4v) is 12.1. The first-order valence-electron chi connectivity index (χ1n) is 25.7. The molecule has 18 nitrogen and oxygen atoms in total. The molecule has 6 heterocycles. The molecule has 5 N–H and O–H groups in total. The van der Waals surface area contributed by atoms with Gasteiger partial charge in [-0.2, -0.15) is 4.98 Å². The van der Waals surface area contributed by atoms with Crippen LogP contribution in [-0.2, 0) is 21.3 Å². The largest absolute Gasteiger partial charge is 0.629 e. The van der Waals surface area contributed by atoms with Crippen LogP contribution in [0.5, 0.6) is 23.1 Å². The number of hydrogen-bond donors (Lipinski definition) is 5. The lowest BCUT2D eigenvalue weighted by Gasteiger charge is -2.48. The van der Waals surface area contributed by atoms with E-state index in [0.717, 1.165) is 57.0 Å². The number of aromatic nitrogens is 4. The number of hydroxylamine groups is 1. The summed E-state index contributed by atoms with van der Waals surface area (Å²) in [5, 5.41) is 15.8. The molecule has 0 spiro atoms. The lowest BCUT2D eigenvalue weighted by atomic mass is 9.89. The Bertz CT molecular complexity index is 3320. The summed E-state index contributed by atoms with van der Waals surface area (Å²) in [7, 11) is -0.460. The maximum absolute atomic E-state index is 15.7. The highest BCUT2D eigenvalue weighted by Crippen LogP contribution is 2.41. The molecule has 402 valence electrons. The van der Waals surface area contributed by atoms with Crippen molar-refractivity contribution in [1.82, 2.24) is 34.5 Å². The number of rotatable bonds is 17. The first kappa shape index (κ1) is 52.6. The molecule has 21 heteroatoms. The Morgan fingerprint density at radius 1 is 0.974 bits per heavy atom. The van der Waals surface area contributed by atoms with E-state index < -0.39 is 37.4 Å². The summed E-state index contributed by atoms with van der Waals surface area (Å²) in [5.41, 5.74) is 3.24. The topological polar surface area (TPSA) is 207 Å². The summed E-state index contributed by atoms with van der Waals surface area (Å²) in [6.07, 6.45) is 4.40. The van der Waals surface area contributed by atoms with Crippen molar-refractivity contribution in [1.29, 1.82) is 0 Å². The third kappa shape index (κ3) is 10.9. The molecule has 0 radical (unpaired) electrons. The average Bonchev–Trinajstić information content (AvgIpc) is 4.06. The fourth-order valence-electron chi connectivity index (χ4n) is 10.9. The van der Waals surface area contributed by atoms with E-state index in [1.165, 1.54) is 49.3 Å². The van der Waals surface area contributed by atoms with E-state index in [2.05, 4.69) is 94.9 Å². The number of hydrogen-bond acceptors (Lipinski definition) is 14. The quantitative estimate of drug-likeness (QED) is 0.0554. The Kier molecular flexibility index (Phi) is 15.2. The monoisotopic (exact) mass is 1060 g/mol. The van der Waals surface area contributed by atoms with Crippen molar-refractivity contribution in [3.63, 3.8) is 0 Å². The van der Waals surface area contributed by atoms with Gasteiger partial charge >= 0.3 is 0 Å². The second kappa shape index (κ2) is 22.0. The Morgan fingerprint density at radius 2 is 1.74 bits per heavy atom. The van der Waals surface area contributed by atoms with Gasteiger partial charge in [-0.1, -0.05) is 50.2 Å². The molecule has 2 atom stereocenters. The fraction of sp³-hybridized carbons (Fsp3) is 0.400. The van der Waals surface area contributed by atoms with Gasteiger partial charge in [-0.05, 0) is 59.7 Å². The molecule has 3 aromatic heterocycles. The van der Waals surface area contributed by atoms with Crippen LogP contribution in [0.3, 0.4) is 0 Å².